The fraction of sp³-hybridized carbons (Fsp3) is 0.824. The van der Waals surface area contributed by atoms with Gasteiger partial charge in [-0.25, -0.2) is 4.68 Å². The van der Waals surface area contributed by atoms with Gasteiger partial charge in [-0.1, -0.05) is 70.4 Å². The first kappa shape index (κ1) is 19.0. The second-order valence-corrected chi connectivity index (χ2v) is 7.52. The van der Waals surface area contributed by atoms with Gasteiger partial charge in [-0.05, 0) is 42.6 Å². The summed E-state index contributed by atoms with van der Waals surface area (Å²) in [7, 11) is 0. The molecule has 21 heavy (non-hydrogen) atoms. The van der Waals surface area contributed by atoms with E-state index in [1.807, 2.05) is 6.92 Å². The third-order valence-electron chi connectivity index (χ3n) is 4.33. The molecule has 0 bridgehead atoms. The van der Waals surface area contributed by atoms with E-state index in [0.717, 1.165) is 28.2 Å². The molecule has 0 N–H and O–H groups in total. The van der Waals surface area contributed by atoms with Gasteiger partial charge in [0.15, 0.2) is 0 Å². The molecule has 0 saturated carbocycles. The topological polar surface area (TPSA) is 17.8 Å². The van der Waals surface area contributed by atoms with Gasteiger partial charge in [0.25, 0.3) is 0 Å². The molecule has 1 unspecified atom stereocenters. The SMILES string of the molecule is CCCCCCCC(C)(CCCC)n1nc(C)c(Br)c1Cl. The molecule has 1 heterocycles. The first-order valence-electron chi connectivity index (χ1n) is 8.37. The molecule has 2 nitrogen and oxygen atoms in total. The lowest BCUT2D eigenvalue weighted by atomic mass is 9.88. The Morgan fingerprint density at radius 2 is 1.62 bits per heavy atom. The Balaban J connectivity index is 2.79. The second-order valence-electron chi connectivity index (χ2n) is 6.37. The average molecular weight is 378 g/mol. The van der Waals surface area contributed by atoms with Crippen LogP contribution < -0.4 is 0 Å². The molecule has 1 atom stereocenters. The number of aromatic nitrogens is 2. The highest BCUT2D eigenvalue weighted by Gasteiger charge is 2.30. The summed E-state index contributed by atoms with van der Waals surface area (Å²) in [6.07, 6.45) is 11.3. The highest BCUT2D eigenvalue weighted by molar-refractivity contribution is 9.10. The lowest BCUT2D eigenvalue weighted by molar-refractivity contribution is 0.228. The first-order chi connectivity index (χ1) is 9.96. The molecule has 0 spiro atoms. The lowest BCUT2D eigenvalue weighted by Gasteiger charge is -2.31. The third kappa shape index (κ3) is 5.28. The second kappa shape index (κ2) is 9.19. The quantitative estimate of drug-likeness (QED) is 0.406. The van der Waals surface area contributed by atoms with Crippen molar-refractivity contribution in [3.05, 3.63) is 15.3 Å². The van der Waals surface area contributed by atoms with Crippen LogP contribution in [0.15, 0.2) is 4.47 Å². The van der Waals surface area contributed by atoms with Crippen molar-refractivity contribution in [1.82, 2.24) is 9.78 Å². The number of halogens is 2. The van der Waals surface area contributed by atoms with E-state index in [2.05, 4.69) is 46.5 Å². The highest BCUT2D eigenvalue weighted by atomic mass is 79.9. The summed E-state index contributed by atoms with van der Waals surface area (Å²) in [5.41, 5.74) is 1.02. The van der Waals surface area contributed by atoms with Gasteiger partial charge in [0.1, 0.15) is 5.15 Å². The largest absolute Gasteiger partial charge is 0.247 e. The molecule has 1 rings (SSSR count). The van der Waals surface area contributed by atoms with Crippen molar-refractivity contribution in [3.8, 4) is 0 Å². The Hall–Kier alpha value is -0.0200. The summed E-state index contributed by atoms with van der Waals surface area (Å²) < 4.78 is 3.00. The van der Waals surface area contributed by atoms with Crippen molar-refractivity contribution in [1.29, 1.82) is 0 Å². The molecule has 0 aromatic carbocycles. The number of nitrogens with zero attached hydrogens (tertiary/aromatic N) is 2. The molecule has 1 aromatic rings. The van der Waals surface area contributed by atoms with Gasteiger partial charge in [-0.2, -0.15) is 5.10 Å². The van der Waals surface area contributed by atoms with E-state index in [1.165, 1.54) is 44.9 Å². The van der Waals surface area contributed by atoms with Crippen molar-refractivity contribution in [2.24, 2.45) is 0 Å². The number of rotatable bonds is 10. The fourth-order valence-electron chi connectivity index (χ4n) is 2.84. The number of hydrogen-bond acceptors (Lipinski definition) is 1. The predicted octanol–water partition coefficient (Wildman–Crippen LogP) is 6.87. The van der Waals surface area contributed by atoms with Gasteiger partial charge in [0, 0.05) is 0 Å². The average Bonchev–Trinajstić information content (AvgIpc) is 2.73. The van der Waals surface area contributed by atoms with E-state index >= 15 is 0 Å². The van der Waals surface area contributed by atoms with Gasteiger partial charge < -0.3 is 0 Å². The standard InChI is InChI=1S/C17H30BrClN2/c1-5-7-9-10-11-13-17(4,12-8-6-2)21-16(19)15(18)14(3)20-21/h5-13H2,1-4H3. The maximum atomic E-state index is 6.49. The van der Waals surface area contributed by atoms with Crippen molar-refractivity contribution in [2.45, 2.75) is 91.0 Å². The van der Waals surface area contributed by atoms with Crippen LogP contribution in [0.5, 0.6) is 0 Å². The lowest BCUT2D eigenvalue weighted by Crippen LogP contribution is -2.31. The summed E-state index contributed by atoms with van der Waals surface area (Å²) in [4.78, 5) is 0. The van der Waals surface area contributed by atoms with Gasteiger partial charge in [0.2, 0.25) is 0 Å². The molecular weight excluding hydrogens is 348 g/mol. The van der Waals surface area contributed by atoms with Crippen molar-refractivity contribution >= 4 is 27.5 Å². The van der Waals surface area contributed by atoms with Crippen LogP contribution in [0.4, 0.5) is 0 Å². The summed E-state index contributed by atoms with van der Waals surface area (Å²) >= 11 is 10.0. The Bertz CT molecular complexity index is 431. The van der Waals surface area contributed by atoms with Crippen molar-refractivity contribution in [2.75, 3.05) is 0 Å². The minimum atomic E-state index is 0.0378. The molecule has 0 aliphatic rings. The molecule has 0 radical (unpaired) electrons. The van der Waals surface area contributed by atoms with E-state index in [9.17, 15) is 0 Å². The zero-order valence-corrected chi connectivity index (χ0v) is 16.4. The summed E-state index contributed by atoms with van der Waals surface area (Å²) in [6.45, 7) is 8.82. The Morgan fingerprint density at radius 1 is 1.05 bits per heavy atom. The Morgan fingerprint density at radius 3 is 2.14 bits per heavy atom. The minimum absolute atomic E-state index is 0.0378. The Labute approximate surface area is 143 Å². The monoisotopic (exact) mass is 376 g/mol. The highest BCUT2D eigenvalue weighted by Crippen LogP contribution is 2.36. The van der Waals surface area contributed by atoms with Gasteiger partial charge in [-0.3, -0.25) is 0 Å². The third-order valence-corrected chi connectivity index (χ3v) is 5.86. The summed E-state index contributed by atoms with van der Waals surface area (Å²) in [5.74, 6) is 0. The molecule has 122 valence electrons. The fourth-order valence-corrected chi connectivity index (χ4v) is 3.47. The summed E-state index contributed by atoms with van der Waals surface area (Å²) in [5, 5.41) is 5.44. The molecule has 0 amide bonds. The van der Waals surface area contributed by atoms with E-state index in [4.69, 9.17) is 11.6 Å². The van der Waals surface area contributed by atoms with Crippen LogP contribution >= 0.6 is 27.5 Å². The van der Waals surface area contributed by atoms with Crippen LogP contribution in [0.1, 0.15) is 84.3 Å². The van der Waals surface area contributed by atoms with Crippen molar-refractivity contribution < 1.29 is 0 Å². The zero-order valence-electron chi connectivity index (χ0n) is 14.0. The maximum absolute atomic E-state index is 6.49. The van der Waals surface area contributed by atoms with Crippen molar-refractivity contribution in [3.63, 3.8) is 0 Å². The molecule has 0 saturated heterocycles. The van der Waals surface area contributed by atoms with Gasteiger partial charge in [-0.15, -0.1) is 0 Å². The van der Waals surface area contributed by atoms with Crippen LogP contribution in [0.2, 0.25) is 5.15 Å². The molecule has 0 aliphatic carbocycles. The van der Waals surface area contributed by atoms with E-state index in [1.54, 1.807) is 0 Å². The number of aryl methyl sites for hydroxylation is 1. The van der Waals surface area contributed by atoms with E-state index < -0.39 is 0 Å². The smallest absolute Gasteiger partial charge is 0.142 e. The maximum Gasteiger partial charge on any atom is 0.142 e. The van der Waals surface area contributed by atoms with E-state index in [-0.39, 0.29) is 5.54 Å². The minimum Gasteiger partial charge on any atom is -0.247 e. The first-order valence-corrected chi connectivity index (χ1v) is 9.54. The summed E-state index contributed by atoms with van der Waals surface area (Å²) in [6, 6.07) is 0. The van der Waals surface area contributed by atoms with E-state index in [0.29, 0.717) is 0 Å². The Kier molecular flexibility index (Phi) is 8.33. The van der Waals surface area contributed by atoms with Crippen LogP contribution in [0, 0.1) is 6.92 Å². The number of unbranched alkanes of at least 4 members (excludes halogenated alkanes) is 5. The zero-order chi connectivity index (χ0) is 15.9. The van der Waals surface area contributed by atoms with Crippen LogP contribution in [0.25, 0.3) is 0 Å². The van der Waals surface area contributed by atoms with Crippen LogP contribution in [0.3, 0.4) is 0 Å². The predicted molar refractivity (Wildman–Crippen MR) is 96.2 cm³/mol. The molecule has 0 fully saturated rings. The normalized spacial score (nSPS) is 14.4. The molecule has 0 aliphatic heterocycles. The number of hydrogen-bond donors (Lipinski definition) is 0. The molecule has 1 aromatic heterocycles. The molecular formula is C17H30BrClN2. The van der Waals surface area contributed by atoms with Gasteiger partial charge in [0.05, 0.1) is 15.7 Å². The van der Waals surface area contributed by atoms with Gasteiger partial charge >= 0.3 is 0 Å². The van der Waals surface area contributed by atoms with Crippen LogP contribution in [-0.2, 0) is 5.54 Å². The van der Waals surface area contributed by atoms with Crippen LogP contribution in [-0.4, -0.2) is 9.78 Å². The molecule has 4 heteroatoms.